The Kier molecular flexibility index (Phi) is 7.89. The van der Waals surface area contributed by atoms with Crippen molar-refractivity contribution in [1.29, 1.82) is 0 Å². The van der Waals surface area contributed by atoms with Crippen LogP contribution in [0.5, 0.6) is 0 Å². The lowest BCUT2D eigenvalue weighted by Gasteiger charge is -2.28. The number of aromatic nitrogens is 1. The van der Waals surface area contributed by atoms with E-state index in [4.69, 9.17) is 14.6 Å². The minimum absolute atomic E-state index is 0.159. The summed E-state index contributed by atoms with van der Waals surface area (Å²) in [7, 11) is 0. The highest BCUT2D eigenvalue weighted by atomic mass is 32.1. The fourth-order valence-electron chi connectivity index (χ4n) is 4.38. The van der Waals surface area contributed by atoms with Gasteiger partial charge in [0.2, 0.25) is 5.91 Å². The molecule has 0 spiro atoms. The highest BCUT2D eigenvalue weighted by Crippen LogP contribution is 2.49. The third kappa shape index (κ3) is 6.29. The number of halogens is 3. The third-order valence-electron chi connectivity index (χ3n) is 5.95. The number of amides is 1. The normalized spacial score (nSPS) is 22.2. The molecule has 2 aromatic heterocycles. The number of nitrogens with zero attached hydrogens (tertiary/aromatic N) is 2. The standard InChI is InChI=1S/C20H24N2O2S.C2HF3O2/c23-19(9-16-5-8-25-13-16)22-11-18-4-1-6-20(18,14-22)15-24-12-17-3-2-7-21-10-17;3-2(4,5)1(6)7/h2-3,5,7-8,10,13,18H,1,4,6,9,11-12,14-15H2;(H,6,7)/t18-,20+;/m1./s1. The first-order valence-corrected chi connectivity index (χ1v) is 11.2. The molecule has 0 bridgehead atoms. The third-order valence-corrected chi connectivity index (χ3v) is 6.68. The van der Waals surface area contributed by atoms with Crippen LogP contribution in [0.2, 0.25) is 0 Å². The summed E-state index contributed by atoms with van der Waals surface area (Å²) >= 11 is 1.65. The van der Waals surface area contributed by atoms with E-state index in [1.165, 1.54) is 19.3 Å². The number of carbonyl (C=O) groups is 2. The van der Waals surface area contributed by atoms with Gasteiger partial charge in [0, 0.05) is 30.9 Å². The van der Waals surface area contributed by atoms with Crippen molar-refractivity contribution in [1.82, 2.24) is 9.88 Å². The summed E-state index contributed by atoms with van der Waals surface area (Å²) in [6.07, 6.45) is 2.74. The van der Waals surface area contributed by atoms with Gasteiger partial charge in [-0.3, -0.25) is 9.78 Å². The Bertz CT molecular complexity index is 892. The van der Waals surface area contributed by atoms with Crippen LogP contribution in [-0.2, 0) is 27.4 Å². The lowest BCUT2D eigenvalue weighted by Crippen LogP contribution is -2.35. The Morgan fingerprint density at radius 3 is 2.72 bits per heavy atom. The largest absolute Gasteiger partial charge is 0.490 e. The van der Waals surface area contributed by atoms with Gasteiger partial charge in [0.05, 0.1) is 19.6 Å². The van der Waals surface area contributed by atoms with Crippen LogP contribution in [0.4, 0.5) is 13.2 Å². The van der Waals surface area contributed by atoms with Crippen LogP contribution in [-0.4, -0.2) is 52.7 Å². The van der Waals surface area contributed by atoms with Crippen molar-refractivity contribution in [3.8, 4) is 0 Å². The summed E-state index contributed by atoms with van der Waals surface area (Å²) in [4.78, 5) is 27.8. The Hall–Kier alpha value is -2.46. The highest BCUT2D eigenvalue weighted by Gasteiger charge is 2.50. The Labute approximate surface area is 188 Å². The highest BCUT2D eigenvalue weighted by molar-refractivity contribution is 7.08. The number of alkyl halides is 3. The van der Waals surface area contributed by atoms with Gasteiger partial charge in [0.25, 0.3) is 0 Å². The average Bonchev–Trinajstić information content (AvgIpc) is 3.45. The zero-order valence-electron chi connectivity index (χ0n) is 17.4. The van der Waals surface area contributed by atoms with Crippen LogP contribution >= 0.6 is 11.3 Å². The Morgan fingerprint density at radius 1 is 1.31 bits per heavy atom. The zero-order valence-corrected chi connectivity index (χ0v) is 18.2. The van der Waals surface area contributed by atoms with Crippen LogP contribution in [0.1, 0.15) is 30.4 Å². The first kappa shape index (κ1) is 24.2. The number of ether oxygens (including phenoxy) is 1. The van der Waals surface area contributed by atoms with Crippen molar-refractivity contribution < 1.29 is 32.6 Å². The molecule has 2 aromatic rings. The van der Waals surface area contributed by atoms with E-state index in [1.54, 1.807) is 17.5 Å². The van der Waals surface area contributed by atoms with Gasteiger partial charge in [0.15, 0.2) is 0 Å². The number of pyridine rings is 1. The lowest BCUT2D eigenvalue weighted by atomic mass is 9.81. The summed E-state index contributed by atoms with van der Waals surface area (Å²) in [6, 6.07) is 6.03. The Balaban J connectivity index is 0.000000360. The summed E-state index contributed by atoms with van der Waals surface area (Å²) in [5, 5.41) is 11.2. The molecule has 32 heavy (non-hydrogen) atoms. The first-order chi connectivity index (χ1) is 15.2. The molecule has 1 amide bonds. The maximum absolute atomic E-state index is 12.7. The number of carbonyl (C=O) groups excluding carboxylic acids is 1. The van der Waals surface area contributed by atoms with Gasteiger partial charge in [-0.15, -0.1) is 0 Å². The van der Waals surface area contributed by atoms with Crippen LogP contribution in [0.15, 0.2) is 41.4 Å². The van der Waals surface area contributed by atoms with Gasteiger partial charge in [-0.25, -0.2) is 4.79 Å². The smallest absolute Gasteiger partial charge is 0.475 e. The van der Waals surface area contributed by atoms with E-state index in [0.29, 0.717) is 18.9 Å². The maximum Gasteiger partial charge on any atom is 0.490 e. The first-order valence-electron chi connectivity index (χ1n) is 10.3. The van der Waals surface area contributed by atoms with E-state index in [-0.39, 0.29) is 11.3 Å². The summed E-state index contributed by atoms with van der Waals surface area (Å²) in [5.41, 5.74) is 2.40. The molecule has 1 N–H and O–H groups in total. The number of thiophene rings is 1. The molecule has 3 heterocycles. The van der Waals surface area contributed by atoms with Gasteiger partial charge in [0.1, 0.15) is 0 Å². The molecule has 2 fully saturated rings. The number of hydrogen-bond donors (Lipinski definition) is 1. The molecule has 2 atom stereocenters. The summed E-state index contributed by atoms with van der Waals surface area (Å²) in [6.45, 7) is 3.10. The molecule has 10 heteroatoms. The van der Waals surface area contributed by atoms with E-state index >= 15 is 0 Å². The van der Waals surface area contributed by atoms with Crippen molar-refractivity contribution in [2.24, 2.45) is 11.3 Å². The number of carboxylic acid groups (broad SMARTS) is 1. The van der Waals surface area contributed by atoms with Crippen LogP contribution < -0.4 is 0 Å². The minimum Gasteiger partial charge on any atom is -0.475 e. The molecule has 0 unspecified atom stereocenters. The maximum atomic E-state index is 12.7. The van der Waals surface area contributed by atoms with Crippen molar-refractivity contribution in [3.05, 3.63) is 52.5 Å². The summed E-state index contributed by atoms with van der Waals surface area (Å²) < 4.78 is 37.8. The zero-order chi connectivity index (χ0) is 23.2. The molecule has 1 saturated heterocycles. The van der Waals surface area contributed by atoms with Crippen molar-refractivity contribution in [3.63, 3.8) is 0 Å². The number of fused-ring (bicyclic) bond motifs is 1. The molecule has 0 radical (unpaired) electrons. The predicted molar refractivity (Wildman–Crippen MR) is 112 cm³/mol. The lowest BCUT2D eigenvalue weighted by molar-refractivity contribution is -0.192. The number of aliphatic carboxylic acids is 1. The molecule has 1 aliphatic heterocycles. The molecule has 0 aromatic carbocycles. The monoisotopic (exact) mass is 470 g/mol. The molecule has 1 saturated carbocycles. The van der Waals surface area contributed by atoms with Gasteiger partial charge in [-0.05, 0) is 52.8 Å². The minimum atomic E-state index is -5.08. The van der Waals surface area contributed by atoms with E-state index in [9.17, 15) is 18.0 Å². The predicted octanol–water partition coefficient (Wildman–Crippen LogP) is 4.16. The number of rotatable bonds is 6. The van der Waals surface area contributed by atoms with E-state index < -0.39 is 12.1 Å². The quantitative estimate of drug-likeness (QED) is 0.686. The Morgan fingerprint density at radius 2 is 2.09 bits per heavy atom. The fraction of sp³-hybridized carbons (Fsp3) is 0.500. The van der Waals surface area contributed by atoms with Crippen molar-refractivity contribution >= 4 is 23.2 Å². The van der Waals surface area contributed by atoms with Crippen molar-refractivity contribution in [2.45, 2.75) is 38.5 Å². The molecule has 6 nitrogen and oxygen atoms in total. The van der Waals surface area contributed by atoms with Crippen LogP contribution in [0, 0.1) is 11.3 Å². The molecule has 2 aliphatic rings. The number of likely N-dealkylation sites (tertiary alicyclic amines) is 1. The molecular weight excluding hydrogens is 445 g/mol. The average molecular weight is 471 g/mol. The van der Waals surface area contributed by atoms with Gasteiger partial charge in [-0.2, -0.15) is 24.5 Å². The topological polar surface area (TPSA) is 79.7 Å². The second-order valence-corrected chi connectivity index (χ2v) is 8.97. The molecule has 4 rings (SSSR count). The van der Waals surface area contributed by atoms with Crippen LogP contribution in [0.3, 0.4) is 0 Å². The van der Waals surface area contributed by atoms with E-state index in [1.807, 2.05) is 29.8 Å². The van der Waals surface area contributed by atoms with Crippen molar-refractivity contribution in [2.75, 3.05) is 19.7 Å². The SMILES string of the molecule is O=C(Cc1ccsc1)N1C[C@H]2CCC[C@@]2(COCc2cccnc2)C1.O=C(O)C(F)(F)F. The van der Waals surface area contributed by atoms with Gasteiger partial charge < -0.3 is 14.7 Å². The van der Waals surface area contributed by atoms with Gasteiger partial charge in [-0.1, -0.05) is 12.5 Å². The molecular formula is C22H25F3N2O4S. The van der Waals surface area contributed by atoms with E-state index in [0.717, 1.165) is 30.8 Å². The molecule has 174 valence electrons. The van der Waals surface area contributed by atoms with Crippen LogP contribution in [0.25, 0.3) is 0 Å². The second kappa shape index (κ2) is 10.4. The number of carboxylic acids is 1. The second-order valence-electron chi connectivity index (χ2n) is 8.19. The van der Waals surface area contributed by atoms with Gasteiger partial charge >= 0.3 is 12.1 Å². The molecule has 1 aliphatic carbocycles. The fourth-order valence-corrected chi connectivity index (χ4v) is 5.04. The summed E-state index contributed by atoms with van der Waals surface area (Å²) in [5.74, 6) is -1.90. The number of hydrogen-bond acceptors (Lipinski definition) is 5. The van der Waals surface area contributed by atoms with E-state index in [2.05, 4.69) is 15.3 Å².